The molecule has 1 rings (SSSR count). The summed E-state index contributed by atoms with van der Waals surface area (Å²) in [5, 5.41) is 13.8. The fourth-order valence-electron chi connectivity index (χ4n) is 1.33. The number of amidine groups is 1. The molecule has 6 heteroatoms. The van der Waals surface area contributed by atoms with E-state index in [1.54, 1.807) is 0 Å². The summed E-state index contributed by atoms with van der Waals surface area (Å²) in [6, 6.07) is 7.52. The van der Waals surface area contributed by atoms with Gasteiger partial charge in [-0.1, -0.05) is 33.2 Å². The molecule has 0 saturated heterocycles. The van der Waals surface area contributed by atoms with Crippen LogP contribution >= 0.6 is 15.9 Å². The molecule has 0 radical (unpaired) electrons. The molecule has 0 aliphatic carbocycles. The van der Waals surface area contributed by atoms with Gasteiger partial charge in [-0.3, -0.25) is 4.79 Å². The molecular weight excluding hydrogens is 286 g/mol. The summed E-state index contributed by atoms with van der Waals surface area (Å²) in [5.41, 5.74) is 6.23. The van der Waals surface area contributed by atoms with Gasteiger partial charge in [-0.25, -0.2) is 0 Å². The lowest BCUT2D eigenvalue weighted by Gasteiger charge is -2.14. The van der Waals surface area contributed by atoms with Crippen molar-refractivity contribution in [2.75, 3.05) is 0 Å². The highest BCUT2D eigenvalue weighted by molar-refractivity contribution is 9.10. The first-order valence-corrected chi connectivity index (χ1v) is 5.83. The number of halogens is 1. The largest absolute Gasteiger partial charge is 0.409 e. The Hall–Kier alpha value is -1.56. The smallest absolute Gasteiger partial charge is 0.228 e. The Morgan fingerprint density at radius 2 is 2.12 bits per heavy atom. The molecule has 92 valence electrons. The Kier molecular flexibility index (Phi) is 4.96. The van der Waals surface area contributed by atoms with Crippen molar-refractivity contribution in [1.82, 2.24) is 5.32 Å². The molecule has 1 amide bonds. The number of benzene rings is 1. The molecule has 1 unspecified atom stereocenters. The fourth-order valence-corrected chi connectivity index (χ4v) is 1.59. The summed E-state index contributed by atoms with van der Waals surface area (Å²) in [6.45, 7) is 1.87. The number of carbonyl (C=O) groups excluding carboxylic acids is 1. The van der Waals surface area contributed by atoms with Gasteiger partial charge in [-0.05, 0) is 24.6 Å². The number of carbonyl (C=O) groups is 1. The van der Waals surface area contributed by atoms with Crippen LogP contribution in [0.1, 0.15) is 24.9 Å². The molecular formula is C11H14BrN3O2. The number of oxime groups is 1. The van der Waals surface area contributed by atoms with Crippen molar-refractivity contribution < 1.29 is 10.0 Å². The van der Waals surface area contributed by atoms with Gasteiger partial charge in [0.25, 0.3) is 0 Å². The van der Waals surface area contributed by atoms with Crippen LogP contribution in [-0.2, 0) is 4.79 Å². The van der Waals surface area contributed by atoms with Crippen molar-refractivity contribution >= 4 is 27.7 Å². The van der Waals surface area contributed by atoms with E-state index in [2.05, 4.69) is 26.4 Å². The van der Waals surface area contributed by atoms with Crippen molar-refractivity contribution in [3.8, 4) is 0 Å². The summed E-state index contributed by atoms with van der Waals surface area (Å²) < 4.78 is 0.983. The third-order valence-electron chi connectivity index (χ3n) is 2.22. The molecule has 0 aliphatic rings. The summed E-state index contributed by atoms with van der Waals surface area (Å²) in [4.78, 5) is 11.5. The van der Waals surface area contributed by atoms with E-state index < -0.39 is 0 Å². The lowest BCUT2D eigenvalue weighted by Crippen LogP contribution is -2.30. The number of hydrogen-bond donors (Lipinski definition) is 3. The Morgan fingerprint density at radius 3 is 2.65 bits per heavy atom. The van der Waals surface area contributed by atoms with Gasteiger partial charge in [0, 0.05) is 4.47 Å². The minimum Gasteiger partial charge on any atom is -0.409 e. The lowest BCUT2D eigenvalue weighted by molar-refractivity contribution is -0.120. The van der Waals surface area contributed by atoms with E-state index in [-0.39, 0.29) is 24.2 Å². The normalized spacial score (nSPS) is 13.2. The van der Waals surface area contributed by atoms with E-state index in [0.29, 0.717) is 0 Å². The molecule has 4 N–H and O–H groups in total. The first-order valence-electron chi connectivity index (χ1n) is 5.04. The number of nitrogens with zero attached hydrogens (tertiary/aromatic N) is 1. The Bertz CT molecular complexity index is 417. The van der Waals surface area contributed by atoms with E-state index in [1.165, 1.54) is 0 Å². The quantitative estimate of drug-likeness (QED) is 0.343. The molecule has 0 bridgehead atoms. The van der Waals surface area contributed by atoms with Crippen LogP contribution < -0.4 is 11.1 Å². The maximum Gasteiger partial charge on any atom is 0.228 e. The second-order valence-corrected chi connectivity index (χ2v) is 4.52. The fraction of sp³-hybridized carbons (Fsp3) is 0.273. The minimum absolute atomic E-state index is 0.106. The predicted octanol–water partition coefficient (Wildman–Crippen LogP) is 1.76. The van der Waals surface area contributed by atoms with Gasteiger partial charge in [0.05, 0.1) is 12.5 Å². The zero-order valence-corrected chi connectivity index (χ0v) is 10.9. The van der Waals surface area contributed by atoms with Crippen LogP contribution in [0.4, 0.5) is 0 Å². The predicted molar refractivity (Wildman–Crippen MR) is 68.7 cm³/mol. The highest BCUT2D eigenvalue weighted by Gasteiger charge is 2.10. The number of rotatable bonds is 4. The van der Waals surface area contributed by atoms with Crippen molar-refractivity contribution in [1.29, 1.82) is 0 Å². The van der Waals surface area contributed by atoms with Crippen LogP contribution in [0.3, 0.4) is 0 Å². The molecule has 0 aromatic heterocycles. The van der Waals surface area contributed by atoms with Gasteiger partial charge < -0.3 is 16.3 Å². The van der Waals surface area contributed by atoms with E-state index in [4.69, 9.17) is 10.9 Å². The van der Waals surface area contributed by atoms with Gasteiger partial charge in [0.15, 0.2) is 0 Å². The maximum atomic E-state index is 11.5. The molecule has 0 spiro atoms. The number of amides is 1. The van der Waals surface area contributed by atoms with Crippen molar-refractivity contribution in [3.63, 3.8) is 0 Å². The number of nitrogens with one attached hydrogen (secondary N) is 1. The lowest BCUT2D eigenvalue weighted by atomic mass is 10.1. The van der Waals surface area contributed by atoms with Crippen molar-refractivity contribution in [2.45, 2.75) is 19.4 Å². The monoisotopic (exact) mass is 299 g/mol. The Labute approximate surface area is 108 Å². The summed E-state index contributed by atoms with van der Waals surface area (Å²) in [6.07, 6.45) is -0.114. The number of hydrogen-bond acceptors (Lipinski definition) is 3. The summed E-state index contributed by atoms with van der Waals surface area (Å²) >= 11 is 3.34. The molecule has 1 aromatic rings. The first-order chi connectivity index (χ1) is 8.02. The second kappa shape index (κ2) is 6.24. The Morgan fingerprint density at radius 1 is 1.53 bits per heavy atom. The first kappa shape index (κ1) is 13.5. The highest BCUT2D eigenvalue weighted by atomic mass is 79.9. The molecule has 0 heterocycles. The van der Waals surface area contributed by atoms with Crippen molar-refractivity contribution in [2.24, 2.45) is 10.9 Å². The van der Waals surface area contributed by atoms with Crippen molar-refractivity contribution in [3.05, 3.63) is 34.3 Å². The minimum atomic E-state index is -0.282. The van der Waals surface area contributed by atoms with Crippen LogP contribution in [-0.4, -0.2) is 17.0 Å². The van der Waals surface area contributed by atoms with Crippen LogP contribution in [0, 0.1) is 0 Å². The van der Waals surface area contributed by atoms with E-state index in [1.807, 2.05) is 31.2 Å². The van der Waals surface area contributed by atoms with Crippen LogP contribution in [0.5, 0.6) is 0 Å². The third-order valence-corrected chi connectivity index (χ3v) is 2.75. The summed E-state index contributed by atoms with van der Waals surface area (Å²) in [5.74, 6) is -0.388. The SMILES string of the molecule is CC(NC(=O)C/C(N)=N/O)c1ccc(Br)cc1. The van der Waals surface area contributed by atoms with Crippen LogP contribution in [0.25, 0.3) is 0 Å². The van der Waals surface area contributed by atoms with Gasteiger partial charge >= 0.3 is 0 Å². The zero-order valence-electron chi connectivity index (χ0n) is 9.35. The van der Waals surface area contributed by atoms with Gasteiger partial charge in [0.2, 0.25) is 5.91 Å². The number of nitrogens with two attached hydrogens (primary N) is 1. The molecule has 0 aliphatic heterocycles. The molecule has 0 fully saturated rings. The average molecular weight is 300 g/mol. The van der Waals surface area contributed by atoms with Crippen LogP contribution in [0.15, 0.2) is 33.9 Å². The zero-order chi connectivity index (χ0) is 12.8. The standard InChI is InChI=1S/C11H14BrN3O2/c1-7(8-2-4-9(12)5-3-8)14-11(16)6-10(13)15-17/h2-5,7,17H,6H2,1H3,(H2,13,15)(H,14,16). The third kappa shape index (κ3) is 4.44. The van der Waals surface area contributed by atoms with Gasteiger partial charge in [-0.2, -0.15) is 0 Å². The summed E-state index contributed by atoms with van der Waals surface area (Å²) in [7, 11) is 0. The van der Waals surface area contributed by atoms with E-state index in [0.717, 1.165) is 10.0 Å². The molecule has 1 atom stereocenters. The van der Waals surface area contributed by atoms with E-state index >= 15 is 0 Å². The molecule has 17 heavy (non-hydrogen) atoms. The van der Waals surface area contributed by atoms with Crippen LogP contribution in [0.2, 0.25) is 0 Å². The van der Waals surface area contributed by atoms with E-state index in [9.17, 15) is 4.79 Å². The molecule has 0 saturated carbocycles. The topological polar surface area (TPSA) is 87.7 Å². The highest BCUT2D eigenvalue weighted by Crippen LogP contribution is 2.16. The second-order valence-electron chi connectivity index (χ2n) is 3.61. The average Bonchev–Trinajstić information content (AvgIpc) is 2.29. The molecule has 5 nitrogen and oxygen atoms in total. The Balaban J connectivity index is 2.57. The van der Waals surface area contributed by atoms with Gasteiger partial charge in [-0.15, -0.1) is 0 Å². The molecule has 1 aromatic carbocycles. The van der Waals surface area contributed by atoms with Gasteiger partial charge in [0.1, 0.15) is 5.84 Å². The maximum absolute atomic E-state index is 11.5.